The number of benzene rings is 1. The number of nitrogens with zero attached hydrogens (tertiary/aromatic N) is 1. The van der Waals surface area contributed by atoms with Crippen molar-refractivity contribution in [3.8, 4) is 0 Å². The van der Waals surface area contributed by atoms with Crippen molar-refractivity contribution in [3.05, 3.63) is 29.3 Å². The van der Waals surface area contributed by atoms with E-state index in [0.29, 0.717) is 10.7 Å². The molecule has 8 heteroatoms. The van der Waals surface area contributed by atoms with Gasteiger partial charge in [0, 0.05) is 34.5 Å². The fourth-order valence-corrected chi connectivity index (χ4v) is 2.84. The van der Waals surface area contributed by atoms with E-state index >= 15 is 0 Å². The number of nitrogens with one attached hydrogen (secondary N) is 1. The van der Waals surface area contributed by atoms with Crippen LogP contribution in [-0.2, 0) is 9.59 Å². The van der Waals surface area contributed by atoms with Gasteiger partial charge in [0.25, 0.3) is 5.91 Å². The molecule has 2 rings (SSSR count). The van der Waals surface area contributed by atoms with Crippen LogP contribution in [0.2, 0.25) is 5.02 Å². The summed E-state index contributed by atoms with van der Waals surface area (Å²) in [5.41, 5.74) is 0.553. The van der Waals surface area contributed by atoms with E-state index in [1.165, 1.54) is 19.3 Å². The van der Waals surface area contributed by atoms with E-state index in [9.17, 15) is 9.59 Å². The van der Waals surface area contributed by atoms with Crippen LogP contribution in [0.3, 0.4) is 0 Å². The molecule has 4 nitrogen and oxygen atoms in total. The average Bonchev–Trinajstić information content (AvgIpc) is 2.61. The van der Waals surface area contributed by atoms with Crippen molar-refractivity contribution in [1.82, 2.24) is 4.84 Å². The van der Waals surface area contributed by atoms with Crippen molar-refractivity contribution in [2.24, 2.45) is 5.92 Å². The molecule has 0 aromatic heterocycles. The maximum Gasteiger partial charge on any atom is 0.256 e. The lowest BCUT2D eigenvalue weighted by molar-refractivity contribution is -0.124. The number of rotatable bonds is 3. The van der Waals surface area contributed by atoms with Crippen molar-refractivity contribution in [2.75, 3.05) is 10.3 Å². The molecular formula is C15H18Cl4N2O2. The Bertz CT molecular complexity index is 505. The molecule has 1 aromatic rings. The topological polar surface area (TPSA) is 49.4 Å². The van der Waals surface area contributed by atoms with Gasteiger partial charge in [-0.15, -0.1) is 11.6 Å². The van der Waals surface area contributed by atoms with Crippen LogP contribution in [0, 0.1) is 5.92 Å². The summed E-state index contributed by atoms with van der Waals surface area (Å²) >= 11 is 21.8. The SMILES string of the molecule is O=C(CCl)N(Cl)c1ccc(Cl)cc1.O=C(NCl)C1CCCCC1. The number of hydrogen-bond acceptors (Lipinski definition) is 2. The zero-order valence-corrected chi connectivity index (χ0v) is 15.4. The molecule has 0 heterocycles. The lowest BCUT2D eigenvalue weighted by atomic mass is 9.89. The summed E-state index contributed by atoms with van der Waals surface area (Å²) in [6, 6.07) is 6.57. The second-order valence-electron chi connectivity index (χ2n) is 5.08. The second kappa shape index (κ2) is 11.0. The molecule has 1 aliphatic rings. The van der Waals surface area contributed by atoms with E-state index in [4.69, 9.17) is 46.8 Å². The Labute approximate surface area is 156 Å². The van der Waals surface area contributed by atoms with Gasteiger partial charge in [-0.25, -0.2) is 4.42 Å². The van der Waals surface area contributed by atoms with E-state index in [0.717, 1.165) is 17.3 Å². The van der Waals surface area contributed by atoms with Crippen LogP contribution in [0.15, 0.2) is 24.3 Å². The van der Waals surface area contributed by atoms with Gasteiger partial charge in [0.1, 0.15) is 5.88 Å². The van der Waals surface area contributed by atoms with Gasteiger partial charge in [-0.2, -0.15) is 0 Å². The Kier molecular flexibility index (Phi) is 9.72. The summed E-state index contributed by atoms with van der Waals surface area (Å²) in [4.78, 5) is 24.1. The first-order valence-electron chi connectivity index (χ1n) is 7.20. The van der Waals surface area contributed by atoms with E-state index in [1.54, 1.807) is 24.3 Å². The number of anilines is 1. The number of carbonyl (C=O) groups is 2. The fraction of sp³-hybridized carbons (Fsp3) is 0.467. The largest absolute Gasteiger partial charge is 0.273 e. The highest BCUT2D eigenvalue weighted by Gasteiger charge is 2.19. The van der Waals surface area contributed by atoms with Crippen molar-refractivity contribution < 1.29 is 9.59 Å². The van der Waals surface area contributed by atoms with Crippen LogP contribution in [0.5, 0.6) is 0 Å². The highest BCUT2D eigenvalue weighted by molar-refractivity contribution is 6.42. The maximum absolute atomic E-state index is 11.0. The summed E-state index contributed by atoms with van der Waals surface area (Å²) in [5.74, 6) is -0.329. The van der Waals surface area contributed by atoms with Crippen LogP contribution in [0.1, 0.15) is 32.1 Å². The van der Waals surface area contributed by atoms with Crippen LogP contribution in [0.25, 0.3) is 0 Å². The molecule has 0 radical (unpaired) electrons. The van der Waals surface area contributed by atoms with E-state index in [1.807, 2.05) is 0 Å². The van der Waals surface area contributed by atoms with Gasteiger partial charge < -0.3 is 0 Å². The van der Waals surface area contributed by atoms with Gasteiger partial charge in [0.05, 0.1) is 5.69 Å². The molecule has 0 bridgehead atoms. The first-order chi connectivity index (χ1) is 11.0. The van der Waals surface area contributed by atoms with Crippen LogP contribution in [0.4, 0.5) is 5.69 Å². The highest BCUT2D eigenvalue weighted by atomic mass is 35.5. The summed E-state index contributed by atoms with van der Waals surface area (Å²) < 4.78 is 0.962. The molecule has 1 saturated carbocycles. The fourth-order valence-electron chi connectivity index (χ4n) is 2.21. The summed E-state index contributed by atoms with van der Waals surface area (Å²) in [7, 11) is 0. The molecule has 1 N–H and O–H groups in total. The lowest BCUT2D eigenvalue weighted by Crippen LogP contribution is -2.25. The molecular weight excluding hydrogens is 382 g/mol. The van der Waals surface area contributed by atoms with Gasteiger partial charge in [-0.3, -0.25) is 14.4 Å². The minimum absolute atomic E-state index is 0.00127. The zero-order valence-electron chi connectivity index (χ0n) is 12.4. The number of alkyl halides is 1. The number of amides is 2. The van der Waals surface area contributed by atoms with Gasteiger partial charge in [-0.1, -0.05) is 30.9 Å². The van der Waals surface area contributed by atoms with Crippen molar-refractivity contribution in [1.29, 1.82) is 0 Å². The van der Waals surface area contributed by atoms with Crippen LogP contribution < -0.4 is 9.25 Å². The zero-order chi connectivity index (χ0) is 17.2. The first kappa shape index (κ1) is 20.4. The van der Waals surface area contributed by atoms with Crippen molar-refractivity contribution >= 4 is 64.3 Å². The predicted molar refractivity (Wildman–Crippen MR) is 96.1 cm³/mol. The molecule has 0 atom stereocenters. The number of carbonyl (C=O) groups excluding carboxylic acids is 2. The Morgan fingerprint density at radius 3 is 2.17 bits per heavy atom. The third-order valence-electron chi connectivity index (χ3n) is 3.46. The minimum Gasteiger partial charge on any atom is -0.273 e. The predicted octanol–water partition coefficient (Wildman–Crippen LogP) is 4.90. The molecule has 23 heavy (non-hydrogen) atoms. The normalized spacial score (nSPS) is 14.4. The monoisotopic (exact) mass is 398 g/mol. The maximum atomic E-state index is 11.0. The Morgan fingerprint density at radius 2 is 1.70 bits per heavy atom. The van der Waals surface area contributed by atoms with E-state index in [2.05, 4.69) is 4.84 Å². The standard InChI is InChI=1S/C8H6Cl3NO.C7H12ClNO/c9-5-8(13)12(11)7-3-1-6(10)2-4-7;8-9-7(10)6-4-2-1-3-5-6/h1-4H,5H2;6H,1-5H2,(H,9,10). The van der Waals surface area contributed by atoms with Gasteiger partial charge in [-0.05, 0) is 37.1 Å². The van der Waals surface area contributed by atoms with Crippen LogP contribution >= 0.6 is 46.8 Å². The summed E-state index contributed by atoms with van der Waals surface area (Å²) in [5, 5.41) is 0.590. The molecule has 128 valence electrons. The molecule has 1 aromatic carbocycles. The van der Waals surface area contributed by atoms with Gasteiger partial charge >= 0.3 is 0 Å². The molecule has 1 aliphatic carbocycles. The van der Waals surface area contributed by atoms with E-state index in [-0.39, 0.29) is 23.6 Å². The average molecular weight is 400 g/mol. The molecule has 0 spiro atoms. The van der Waals surface area contributed by atoms with Crippen molar-refractivity contribution in [2.45, 2.75) is 32.1 Å². The third kappa shape index (κ3) is 7.17. The quantitative estimate of drug-likeness (QED) is 0.580. The molecule has 1 fully saturated rings. The van der Waals surface area contributed by atoms with Crippen LogP contribution in [-0.4, -0.2) is 17.7 Å². The summed E-state index contributed by atoms with van der Waals surface area (Å²) in [6.07, 6.45) is 5.65. The third-order valence-corrected chi connectivity index (χ3v) is 4.51. The number of hydrogen-bond donors (Lipinski definition) is 1. The molecule has 0 saturated heterocycles. The highest BCUT2D eigenvalue weighted by Crippen LogP contribution is 2.23. The Hall–Kier alpha value is -0.680. The van der Waals surface area contributed by atoms with Crippen molar-refractivity contribution in [3.63, 3.8) is 0 Å². The molecule has 0 unspecified atom stereocenters. The Balaban J connectivity index is 0.000000238. The molecule has 2 amide bonds. The van der Waals surface area contributed by atoms with Gasteiger partial charge in [0.2, 0.25) is 5.91 Å². The minimum atomic E-state index is -0.370. The smallest absolute Gasteiger partial charge is 0.256 e. The molecule has 0 aliphatic heterocycles. The van der Waals surface area contributed by atoms with Gasteiger partial charge in [0.15, 0.2) is 0 Å². The second-order valence-corrected chi connectivity index (χ2v) is 6.31. The Morgan fingerprint density at radius 1 is 1.13 bits per heavy atom. The first-order valence-corrected chi connectivity index (χ1v) is 8.83. The summed E-state index contributed by atoms with van der Waals surface area (Å²) in [6.45, 7) is 0. The number of halogens is 4. The lowest BCUT2D eigenvalue weighted by Gasteiger charge is -2.18. The van der Waals surface area contributed by atoms with E-state index < -0.39 is 0 Å².